The van der Waals surface area contributed by atoms with E-state index in [1.165, 1.54) is 19.1 Å². The normalized spacial score (nSPS) is 11.7. The van der Waals surface area contributed by atoms with Crippen molar-refractivity contribution in [2.75, 3.05) is 5.32 Å². The van der Waals surface area contributed by atoms with Crippen molar-refractivity contribution in [3.63, 3.8) is 0 Å². The average molecular weight is 383 g/mol. The molecule has 0 radical (unpaired) electrons. The molecule has 2 rings (SSSR count). The van der Waals surface area contributed by atoms with Gasteiger partial charge in [0.1, 0.15) is 11.8 Å². The second-order valence-electron chi connectivity index (χ2n) is 4.85. The van der Waals surface area contributed by atoms with Gasteiger partial charge in [0.25, 0.3) is 11.7 Å². The Labute approximate surface area is 152 Å². The summed E-state index contributed by atoms with van der Waals surface area (Å²) in [6.07, 6.45) is -0.946. The van der Waals surface area contributed by atoms with Crippen molar-refractivity contribution in [2.45, 2.75) is 23.7 Å². The lowest BCUT2D eigenvalue weighted by Crippen LogP contribution is -2.30. The molecule has 0 aromatic heterocycles. The Kier molecular flexibility index (Phi) is 6.62. The van der Waals surface area contributed by atoms with Crippen LogP contribution < -0.4 is 10.1 Å². The van der Waals surface area contributed by atoms with Crippen molar-refractivity contribution < 1.29 is 18.3 Å². The number of nitrogens with zero attached hydrogens (tertiary/aromatic N) is 1. The molecule has 0 saturated heterocycles. The molecule has 2 aromatic rings. The fourth-order valence-electron chi connectivity index (χ4n) is 1.96. The molecule has 0 heterocycles. The number of thioether (sulfide) groups is 1. The van der Waals surface area contributed by atoms with Gasteiger partial charge in [0, 0.05) is 0 Å². The topological polar surface area (TPSA) is 62.1 Å². The largest absolute Gasteiger partial charge is 0.480 e. The van der Waals surface area contributed by atoms with Crippen molar-refractivity contribution in [2.24, 2.45) is 0 Å². The molecule has 0 saturated carbocycles. The van der Waals surface area contributed by atoms with Crippen LogP contribution in [-0.2, 0) is 4.79 Å². The molecular formula is C17H13ClF2N2O2S. The fourth-order valence-corrected chi connectivity index (χ4v) is 2.87. The van der Waals surface area contributed by atoms with E-state index in [-0.39, 0.29) is 33.1 Å². The molecular weight excluding hydrogens is 370 g/mol. The van der Waals surface area contributed by atoms with Crippen LogP contribution in [0.5, 0.6) is 5.75 Å². The number of hydrogen-bond acceptors (Lipinski definition) is 4. The van der Waals surface area contributed by atoms with E-state index in [0.29, 0.717) is 5.56 Å². The number of carbonyl (C=O) groups excluding carboxylic acids is 1. The predicted octanol–water partition coefficient (Wildman–Crippen LogP) is 4.93. The van der Waals surface area contributed by atoms with Crippen LogP contribution in [0.4, 0.5) is 14.5 Å². The van der Waals surface area contributed by atoms with Crippen LogP contribution in [0.15, 0.2) is 47.4 Å². The quantitative estimate of drug-likeness (QED) is 0.719. The number of halogens is 3. The van der Waals surface area contributed by atoms with Gasteiger partial charge in [-0.1, -0.05) is 41.6 Å². The Morgan fingerprint density at radius 2 is 2.00 bits per heavy atom. The maximum absolute atomic E-state index is 12.7. The Morgan fingerprint density at radius 3 is 2.68 bits per heavy atom. The zero-order valence-electron chi connectivity index (χ0n) is 13.0. The van der Waals surface area contributed by atoms with Crippen LogP contribution in [-0.4, -0.2) is 17.8 Å². The zero-order valence-corrected chi connectivity index (χ0v) is 14.6. The molecule has 1 N–H and O–H groups in total. The van der Waals surface area contributed by atoms with E-state index in [2.05, 4.69) is 5.32 Å². The molecule has 1 atom stereocenters. The molecule has 0 aliphatic rings. The van der Waals surface area contributed by atoms with Crippen LogP contribution in [0.25, 0.3) is 0 Å². The molecule has 0 aliphatic heterocycles. The summed E-state index contributed by atoms with van der Waals surface area (Å²) in [6.45, 7) is 1.49. The van der Waals surface area contributed by atoms with Gasteiger partial charge in [0.2, 0.25) is 0 Å². The van der Waals surface area contributed by atoms with Crippen LogP contribution in [0.1, 0.15) is 12.5 Å². The number of hydrogen-bond donors (Lipinski definition) is 1. The molecule has 0 bridgehead atoms. The molecule has 8 heteroatoms. The molecule has 25 heavy (non-hydrogen) atoms. The van der Waals surface area contributed by atoms with E-state index in [9.17, 15) is 13.6 Å². The highest BCUT2D eigenvalue weighted by molar-refractivity contribution is 7.99. The smallest absolute Gasteiger partial charge is 0.289 e. The standard InChI is InChI=1S/C17H13ClF2N2O2S/c1-10(24-14-8-3-2-5-11(14)9-21)16(23)22-13-7-4-6-12(18)15(13)25-17(19)20/h2-8,10,17H,1H3,(H,22,23). The Bertz CT molecular complexity index is 811. The lowest BCUT2D eigenvalue weighted by molar-refractivity contribution is -0.122. The second kappa shape index (κ2) is 8.70. The highest BCUT2D eigenvalue weighted by Gasteiger charge is 2.20. The first-order valence-electron chi connectivity index (χ1n) is 7.12. The number of ether oxygens (including phenoxy) is 1. The van der Waals surface area contributed by atoms with Crippen LogP contribution >= 0.6 is 23.4 Å². The zero-order chi connectivity index (χ0) is 18.4. The van der Waals surface area contributed by atoms with Gasteiger partial charge in [-0.3, -0.25) is 4.79 Å². The third kappa shape index (κ3) is 5.08. The monoisotopic (exact) mass is 382 g/mol. The number of nitriles is 1. The van der Waals surface area contributed by atoms with Crippen molar-refractivity contribution >= 4 is 35.0 Å². The van der Waals surface area contributed by atoms with Crippen molar-refractivity contribution in [1.29, 1.82) is 5.26 Å². The molecule has 4 nitrogen and oxygen atoms in total. The lowest BCUT2D eigenvalue weighted by atomic mass is 10.2. The third-order valence-electron chi connectivity index (χ3n) is 3.11. The molecule has 1 unspecified atom stereocenters. The van der Waals surface area contributed by atoms with E-state index in [1.807, 2.05) is 6.07 Å². The van der Waals surface area contributed by atoms with Crippen LogP contribution in [0, 0.1) is 11.3 Å². The van der Waals surface area contributed by atoms with Gasteiger partial charge in [-0.15, -0.1) is 0 Å². The van der Waals surface area contributed by atoms with Gasteiger partial charge in [0.15, 0.2) is 6.10 Å². The lowest BCUT2D eigenvalue weighted by Gasteiger charge is -2.17. The number of para-hydroxylation sites is 1. The first kappa shape index (κ1) is 19.0. The summed E-state index contributed by atoms with van der Waals surface area (Å²) in [4.78, 5) is 12.4. The minimum absolute atomic E-state index is 0.0807. The summed E-state index contributed by atoms with van der Waals surface area (Å²) >= 11 is 6.18. The fraction of sp³-hybridized carbons (Fsp3) is 0.176. The SMILES string of the molecule is CC(Oc1ccccc1C#N)C(=O)Nc1cccc(Cl)c1SC(F)F. The predicted molar refractivity (Wildman–Crippen MR) is 93.2 cm³/mol. The number of alkyl halides is 2. The highest BCUT2D eigenvalue weighted by Crippen LogP contribution is 2.37. The molecule has 1 amide bonds. The molecule has 0 fully saturated rings. The third-order valence-corrected chi connectivity index (χ3v) is 4.39. The first-order chi connectivity index (χ1) is 11.9. The Hall–Kier alpha value is -2.30. The average Bonchev–Trinajstić information content (AvgIpc) is 2.58. The molecule has 130 valence electrons. The van der Waals surface area contributed by atoms with Gasteiger partial charge in [0.05, 0.1) is 21.2 Å². The maximum Gasteiger partial charge on any atom is 0.289 e. The Balaban J connectivity index is 2.14. The molecule has 2 aromatic carbocycles. The maximum atomic E-state index is 12.7. The van der Waals surface area contributed by atoms with Crippen molar-refractivity contribution in [3.8, 4) is 11.8 Å². The van der Waals surface area contributed by atoms with Crippen LogP contribution in [0.3, 0.4) is 0 Å². The van der Waals surface area contributed by atoms with Gasteiger partial charge in [-0.2, -0.15) is 14.0 Å². The van der Waals surface area contributed by atoms with Crippen molar-refractivity contribution in [3.05, 3.63) is 53.1 Å². The van der Waals surface area contributed by atoms with E-state index in [1.54, 1.807) is 30.3 Å². The summed E-state index contributed by atoms with van der Waals surface area (Å²) in [5.74, 6) is -2.96. The molecule has 0 spiro atoms. The number of carbonyl (C=O) groups is 1. The van der Waals surface area contributed by atoms with E-state index >= 15 is 0 Å². The Morgan fingerprint density at radius 1 is 1.28 bits per heavy atom. The van der Waals surface area contributed by atoms with Crippen molar-refractivity contribution in [1.82, 2.24) is 0 Å². The first-order valence-corrected chi connectivity index (χ1v) is 8.38. The number of anilines is 1. The number of nitrogens with one attached hydrogen (secondary N) is 1. The van der Waals surface area contributed by atoms with Gasteiger partial charge >= 0.3 is 0 Å². The van der Waals surface area contributed by atoms with Gasteiger partial charge in [-0.05, 0) is 31.2 Å². The minimum atomic E-state index is -2.67. The number of amides is 1. The summed E-state index contributed by atoms with van der Waals surface area (Å²) in [7, 11) is 0. The summed E-state index contributed by atoms with van der Waals surface area (Å²) in [5.41, 5.74) is 0.464. The summed E-state index contributed by atoms with van der Waals surface area (Å²) < 4.78 is 30.9. The van der Waals surface area contributed by atoms with Crippen LogP contribution in [0.2, 0.25) is 5.02 Å². The summed E-state index contributed by atoms with van der Waals surface area (Å²) in [6, 6.07) is 12.9. The van der Waals surface area contributed by atoms with E-state index in [4.69, 9.17) is 21.6 Å². The van der Waals surface area contributed by atoms with Gasteiger partial charge < -0.3 is 10.1 Å². The second-order valence-corrected chi connectivity index (χ2v) is 6.26. The summed E-state index contributed by atoms with van der Waals surface area (Å²) in [5, 5.41) is 11.7. The van der Waals surface area contributed by atoms with E-state index in [0.717, 1.165) is 0 Å². The van der Waals surface area contributed by atoms with E-state index < -0.39 is 17.8 Å². The minimum Gasteiger partial charge on any atom is -0.480 e. The molecule has 0 aliphatic carbocycles. The number of benzene rings is 2. The number of rotatable bonds is 6. The highest BCUT2D eigenvalue weighted by atomic mass is 35.5. The van der Waals surface area contributed by atoms with Gasteiger partial charge in [-0.25, -0.2) is 0 Å².